The third-order valence-corrected chi connectivity index (χ3v) is 5.19. The number of anilines is 1. The molecule has 0 unspecified atom stereocenters. The lowest BCUT2D eigenvalue weighted by Gasteiger charge is -2.08. The molecule has 0 saturated carbocycles. The van der Waals surface area contributed by atoms with Crippen LogP contribution in [-0.4, -0.2) is 25.7 Å². The average molecular weight is 404 g/mol. The molecule has 2 aromatic heterocycles. The quantitative estimate of drug-likeness (QED) is 0.536. The van der Waals surface area contributed by atoms with E-state index in [2.05, 4.69) is 20.6 Å². The highest BCUT2D eigenvalue weighted by Crippen LogP contribution is 2.28. The number of fused-ring (bicyclic) bond motifs is 1. The summed E-state index contributed by atoms with van der Waals surface area (Å²) in [6.07, 6.45) is 0. The van der Waals surface area contributed by atoms with Gasteiger partial charge in [-0.3, -0.25) is 4.79 Å². The molecule has 2 aromatic carbocycles. The maximum absolute atomic E-state index is 12.5. The fraction of sp³-hybridized carbons (Fsp3) is 0.0588. The van der Waals surface area contributed by atoms with Crippen LogP contribution in [0, 0.1) is 6.92 Å². The van der Waals surface area contributed by atoms with Crippen LogP contribution in [0.1, 0.15) is 16.2 Å². The van der Waals surface area contributed by atoms with E-state index in [1.54, 1.807) is 22.7 Å². The zero-order chi connectivity index (χ0) is 18.3. The summed E-state index contributed by atoms with van der Waals surface area (Å²) < 4.78 is 1.69. The van der Waals surface area contributed by atoms with Crippen molar-refractivity contribution >= 4 is 51.1 Å². The number of hydrogen-bond donors (Lipinski definition) is 1. The molecule has 26 heavy (non-hydrogen) atoms. The lowest BCUT2D eigenvalue weighted by Crippen LogP contribution is -2.12. The van der Waals surface area contributed by atoms with Crippen LogP contribution < -0.4 is 5.32 Å². The molecule has 1 N–H and O–H groups in total. The summed E-state index contributed by atoms with van der Waals surface area (Å²) in [5, 5.41) is 17.0. The van der Waals surface area contributed by atoms with Crippen LogP contribution in [0.25, 0.3) is 15.5 Å². The molecule has 1 amide bonds. The molecule has 4 aromatic rings. The van der Waals surface area contributed by atoms with Crippen molar-refractivity contribution in [3.05, 3.63) is 63.9 Å². The fourth-order valence-corrected chi connectivity index (χ4v) is 3.81. The molecule has 9 heteroatoms. The van der Waals surface area contributed by atoms with Crippen LogP contribution in [-0.2, 0) is 0 Å². The van der Waals surface area contributed by atoms with Gasteiger partial charge in [-0.25, -0.2) is 0 Å². The van der Waals surface area contributed by atoms with Crippen molar-refractivity contribution in [3.8, 4) is 10.6 Å². The maximum atomic E-state index is 12.5. The van der Waals surface area contributed by atoms with Crippen molar-refractivity contribution in [2.24, 2.45) is 0 Å². The van der Waals surface area contributed by atoms with Gasteiger partial charge < -0.3 is 5.32 Å². The van der Waals surface area contributed by atoms with E-state index < -0.39 is 0 Å². The lowest BCUT2D eigenvalue weighted by atomic mass is 10.2. The van der Waals surface area contributed by atoms with Crippen LogP contribution in [0.5, 0.6) is 0 Å². The summed E-state index contributed by atoms with van der Waals surface area (Å²) in [4.78, 5) is 13.2. The molecule has 0 atom stereocenters. The molecule has 0 spiro atoms. The molecule has 0 bridgehead atoms. The molecular weight excluding hydrogens is 393 g/mol. The Morgan fingerprint density at radius 2 is 2.00 bits per heavy atom. The van der Waals surface area contributed by atoms with Crippen molar-refractivity contribution in [3.63, 3.8) is 0 Å². The summed E-state index contributed by atoms with van der Waals surface area (Å²) in [6, 6.07) is 12.2. The SMILES string of the molecule is Cc1nnc2sc(-c3cccc(NC(=O)c4ccc(Cl)cc4Cl)c3)nn12. The standard InChI is InChI=1S/C17H11Cl2N5OS/c1-9-21-22-17-24(9)23-16(26-17)10-3-2-4-12(7-10)20-15(25)13-6-5-11(18)8-14(13)19/h2-8H,1H3,(H,20,25). The number of rotatable bonds is 3. The Balaban J connectivity index is 1.62. The predicted octanol–water partition coefficient (Wildman–Crippen LogP) is 4.72. The van der Waals surface area contributed by atoms with E-state index >= 15 is 0 Å². The molecule has 6 nitrogen and oxygen atoms in total. The fourth-order valence-electron chi connectivity index (χ4n) is 2.43. The third kappa shape index (κ3) is 3.16. The van der Waals surface area contributed by atoms with Gasteiger partial charge in [-0.2, -0.15) is 9.61 Å². The van der Waals surface area contributed by atoms with E-state index in [0.717, 1.165) is 21.4 Å². The first-order chi connectivity index (χ1) is 12.5. The Hall–Kier alpha value is -2.48. The first kappa shape index (κ1) is 17.0. The number of nitrogens with zero attached hydrogens (tertiary/aromatic N) is 4. The monoisotopic (exact) mass is 403 g/mol. The second kappa shape index (κ2) is 6.68. The molecule has 0 saturated heterocycles. The molecule has 0 aliphatic heterocycles. The summed E-state index contributed by atoms with van der Waals surface area (Å²) in [5.41, 5.74) is 1.87. The molecule has 0 radical (unpaired) electrons. The topological polar surface area (TPSA) is 72.2 Å². The highest BCUT2D eigenvalue weighted by molar-refractivity contribution is 7.19. The maximum Gasteiger partial charge on any atom is 0.257 e. The highest BCUT2D eigenvalue weighted by Gasteiger charge is 2.13. The Kier molecular flexibility index (Phi) is 4.36. The van der Waals surface area contributed by atoms with Crippen molar-refractivity contribution < 1.29 is 4.79 Å². The zero-order valence-electron chi connectivity index (χ0n) is 13.4. The Labute approximate surface area is 162 Å². The van der Waals surface area contributed by atoms with E-state index in [1.807, 2.05) is 25.1 Å². The summed E-state index contributed by atoms with van der Waals surface area (Å²) in [7, 11) is 0. The minimum Gasteiger partial charge on any atom is -0.322 e. The van der Waals surface area contributed by atoms with Gasteiger partial charge in [0.05, 0.1) is 10.6 Å². The summed E-state index contributed by atoms with van der Waals surface area (Å²) in [5.74, 6) is 0.419. The number of aryl methyl sites for hydroxylation is 1. The van der Waals surface area contributed by atoms with Gasteiger partial charge >= 0.3 is 0 Å². The average Bonchev–Trinajstić information content (AvgIpc) is 3.17. The number of hydrogen-bond acceptors (Lipinski definition) is 5. The van der Waals surface area contributed by atoms with Crippen LogP contribution in [0.15, 0.2) is 42.5 Å². The summed E-state index contributed by atoms with van der Waals surface area (Å²) >= 11 is 13.4. The molecule has 4 rings (SSSR count). The lowest BCUT2D eigenvalue weighted by molar-refractivity contribution is 0.102. The van der Waals surface area contributed by atoms with E-state index in [-0.39, 0.29) is 5.91 Å². The minimum absolute atomic E-state index is 0.301. The molecular formula is C17H11Cl2N5OS. The van der Waals surface area contributed by atoms with Crippen LogP contribution in [0.4, 0.5) is 5.69 Å². The second-order valence-electron chi connectivity index (χ2n) is 5.51. The van der Waals surface area contributed by atoms with Gasteiger partial charge in [-0.15, -0.1) is 10.2 Å². The molecule has 130 valence electrons. The Bertz CT molecular complexity index is 1140. The number of halogens is 2. The third-order valence-electron chi connectivity index (χ3n) is 3.69. The van der Waals surface area contributed by atoms with Crippen molar-refractivity contribution in [1.82, 2.24) is 19.8 Å². The van der Waals surface area contributed by atoms with Crippen molar-refractivity contribution in [1.29, 1.82) is 0 Å². The van der Waals surface area contributed by atoms with Gasteiger partial charge in [-0.05, 0) is 37.3 Å². The van der Waals surface area contributed by atoms with Gasteiger partial charge in [0.1, 0.15) is 5.01 Å². The smallest absolute Gasteiger partial charge is 0.257 e. The number of carbonyl (C=O) groups excluding carboxylic acids is 1. The van der Waals surface area contributed by atoms with Gasteiger partial charge in [0.25, 0.3) is 5.91 Å². The first-order valence-corrected chi connectivity index (χ1v) is 9.14. The van der Waals surface area contributed by atoms with Gasteiger partial charge in [0.15, 0.2) is 5.82 Å². The van der Waals surface area contributed by atoms with Crippen molar-refractivity contribution in [2.45, 2.75) is 6.92 Å². The highest BCUT2D eigenvalue weighted by atomic mass is 35.5. The van der Waals surface area contributed by atoms with Crippen LogP contribution in [0.3, 0.4) is 0 Å². The molecule has 0 aliphatic rings. The molecule has 0 aliphatic carbocycles. The van der Waals surface area contributed by atoms with E-state index in [4.69, 9.17) is 23.2 Å². The Morgan fingerprint density at radius 3 is 2.77 bits per heavy atom. The zero-order valence-corrected chi connectivity index (χ0v) is 15.7. The number of nitrogens with one attached hydrogen (secondary N) is 1. The number of benzene rings is 2. The second-order valence-corrected chi connectivity index (χ2v) is 7.31. The van der Waals surface area contributed by atoms with Crippen LogP contribution in [0.2, 0.25) is 10.0 Å². The largest absolute Gasteiger partial charge is 0.322 e. The minimum atomic E-state index is -0.308. The van der Waals surface area contributed by atoms with E-state index in [1.165, 1.54) is 17.4 Å². The number of amides is 1. The number of carbonyl (C=O) groups is 1. The van der Waals surface area contributed by atoms with Crippen molar-refractivity contribution in [2.75, 3.05) is 5.32 Å². The molecule has 2 heterocycles. The Morgan fingerprint density at radius 1 is 1.15 bits per heavy atom. The molecule has 0 fully saturated rings. The summed E-state index contributed by atoms with van der Waals surface area (Å²) in [6.45, 7) is 1.84. The van der Waals surface area contributed by atoms with E-state index in [0.29, 0.717) is 21.3 Å². The normalized spacial score (nSPS) is 11.0. The van der Waals surface area contributed by atoms with Gasteiger partial charge in [0, 0.05) is 16.3 Å². The van der Waals surface area contributed by atoms with Gasteiger partial charge in [-0.1, -0.05) is 46.7 Å². The van der Waals surface area contributed by atoms with Gasteiger partial charge in [0.2, 0.25) is 4.96 Å². The van der Waals surface area contributed by atoms with Crippen LogP contribution >= 0.6 is 34.5 Å². The first-order valence-electron chi connectivity index (χ1n) is 7.57. The van der Waals surface area contributed by atoms with E-state index in [9.17, 15) is 4.79 Å². The number of aromatic nitrogens is 4. The predicted molar refractivity (Wildman–Crippen MR) is 103 cm³/mol.